The molecule has 0 amide bonds. The van der Waals surface area contributed by atoms with Crippen molar-refractivity contribution in [3.05, 3.63) is 5.89 Å². The van der Waals surface area contributed by atoms with Gasteiger partial charge in [0.05, 0.1) is 0 Å². The van der Waals surface area contributed by atoms with Gasteiger partial charge < -0.3 is 14.8 Å². The molecule has 0 atom stereocenters. The number of aliphatic hydroxyl groups is 1. The highest BCUT2D eigenvalue weighted by Gasteiger charge is 2.01. The number of aliphatic hydroxyl groups excluding tert-OH is 1. The third-order valence-corrected chi connectivity index (χ3v) is 1.23. The SMILES string of the molecule is CNc1nnc(CCCO)o1. The van der Waals surface area contributed by atoms with Gasteiger partial charge in [0.1, 0.15) is 0 Å². The number of nitrogens with one attached hydrogen (secondary N) is 1. The number of aromatic nitrogens is 2. The third-order valence-electron chi connectivity index (χ3n) is 1.23. The van der Waals surface area contributed by atoms with E-state index in [1.165, 1.54) is 0 Å². The zero-order valence-electron chi connectivity index (χ0n) is 6.37. The lowest BCUT2D eigenvalue weighted by molar-refractivity contribution is 0.283. The minimum atomic E-state index is 0.150. The molecule has 0 aliphatic heterocycles. The van der Waals surface area contributed by atoms with Gasteiger partial charge in [-0.2, -0.15) is 0 Å². The van der Waals surface area contributed by atoms with Gasteiger partial charge in [0.25, 0.3) is 0 Å². The average Bonchev–Trinajstić information content (AvgIpc) is 2.48. The van der Waals surface area contributed by atoms with Gasteiger partial charge >= 0.3 is 6.01 Å². The Bertz CT molecular complexity index is 211. The van der Waals surface area contributed by atoms with Crippen molar-refractivity contribution in [2.45, 2.75) is 12.8 Å². The molecule has 0 radical (unpaired) electrons. The highest BCUT2D eigenvalue weighted by molar-refractivity contribution is 5.14. The molecule has 0 unspecified atom stereocenters. The molecule has 62 valence electrons. The van der Waals surface area contributed by atoms with Gasteiger partial charge in [0.2, 0.25) is 5.89 Å². The number of rotatable bonds is 4. The summed E-state index contributed by atoms with van der Waals surface area (Å²) in [5.74, 6) is 0.559. The second kappa shape index (κ2) is 3.92. The molecule has 0 bridgehead atoms. The number of hydrogen-bond donors (Lipinski definition) is 2. The molecule has 5 nitrogen and oxygen atoms in total. The molecule has 0 saturated heterocycles. The summed E-state index contributed by atoms with van der Waals surface area (Å²) in [6.07, 6.45) is 1.29. The summed E-state index contributed by atoms with van der Waals surface area (Å²) in [4.78, 5) is 0. The van der Waals surface area contributed by atoms with E-state index in [9.17, 15) is 0 Å². The fourth-order valence-electron chi connectivity index (χ4n) is 0.686. The van der Waals surface area contributed by atoms with Crippen LogP contribution in [0.3, 0.4) is 0 Å². The minimum absolute atomic E-state index is 0.150. The summed E-state index contributed by atoms with van der Waals surface area (Å²) in [7, 11) is 1.71. The Kier molecular flexibility index (Phi) is 2.85. The molecule has 5 heteroatoms. The van der Waals surface area contributed by atoms with Crippen molar-refractivity contribution < 1.29 is 9.52 Å². The fourth-order valence-corrected chi connectivity index (χ4v) is 0.686. The van der Waals surface area contributed by atoms with Crippen molar-refractivity contribution in [2.24, 2.45) is 0 Å². The number of nitrogens with zero attached hydrogens (tertiary/aromatic N) is 2. The van der Waals surface area contributed by atoms with Gasteiger partial charge in [0, 0.05) is 20.1 Å². The van der Waals surface area contributed by atoms with Crippen LogP contribution in [0.15, 0.2) is 4.42 Å². The first-order valence-electron chi connectivity index (χ1n) is 3.48. The smallest absolute Gasteiger partial charge is 0.315 e. The summed E-state index contributed by atoms with van der Waals surface area (Å²) < 4.78 is 5.09. The van der Waals surface area contributed by atoms with Crippen molar-refractivity contribution in [2.75, 3.05) is 19.0 Å². The van der Waals surface area contributed by atoms with Crippen LogP contribution in [0.25, 0.3) is 0 Å². The molecule has 1 rings (SSSR count). The minimum Gasteiger partial charge on any atom is -0.408 e. The Hall–Kier alpha value is -1.10. The number of aryl methyl sites for hydroxylation is 1. The Balaban J connectivity index is 2.44. The van der Waals surface area contributed by atoms with Crippen LogP contribution in [-0.2, 0) is 6.42 Å². The van der Waals surface area contributed by atoms with Crippen LogP contribution in [0.5, 0.6) is 0 Å². The topological polar surface area (TPSA) is 71.2 Å². The van der Waals surface area contributed by atoms with E-state index < -0.39 is 0 Å². The van der Waals surface area contributed by atoms with Crippen LogP contribution in [-0.4, -0.2) is 29.0 Å². The monoisotopic (exact) mass is 157 g/mol. The average molecular weight is 157 g/mol. The molecule has 2 N–H and O–H groups in total. The van der Waals surface area contributed by atoms with Gasteiger partial charge in [-0.05, 0) is 6.42 Å². The highest BCUT2D eigenvalue weighted by Crippen LogP contribution is 2.05. The van der Waals surface area contributed by atoms with E-state index in [1.807, 2.05) is 0 Å². The predicted octanol–water partition coefficient (Wildman–Crippen LogP) is 0.0362. The van der Waals surface area contributed by atoms with E-state index in [-0.39, 0.29) is 6.61 Å². The van der Waals surface area contributed by atoms with E-state index in [1.54, 1.807) is 7.05 Å². The summed E-state index contributed by atoms with van der Waals surface area (Å²) in [6, 6.07) is 0.415. The Labute approximate surface area is 64.4 Å². The standard InChI is InChI=1S/C6H11N3O2/c1-7-6-9-8-5(11-6)3-2-4-10/h10H,2-4H2,1H3,(H,7,9). The van der Waals surface area contributed by atoms with Crippen LogP contribution >= 0.6 is 0 Å². The van der Waals surface area contributed by atoms with E-state index >= 15 is 0 Å². The molecular weight excluding hydrogens is 146 g/mol. The molecule has 1 aromatic rings. The maximum absolute atomic E-state index is 8.49. The maximum Gasteiger partial charge on any atom is 0.315 e. The second-order valence-electron chi connectivity index (χ2n) is 2.08. The van der Waals surface area contributed by atoms with E-state index in [2.05, 4.69) is 15.5 Å². The normalized spacial score (nSPS) is 10.0. The summed E-state index contributed by atoms with van der Waals surface area (Å²) in [6.45, 7) is 0.150. The van der Waals surface area contributed by atoms with Crippen molar-refractivity contribution in [1.82, 2.24) is 10.2 Å². The van der Waals surface area contributed by atoms with Gasteiger partial charge in [-0.25, -0.2) is 0 Å². The van der Waals surface area contributed by atoms with Crippen molar-refractivity contribution in [3.63, 3.8) is 0 Å². The predicted molar refractivity (Wildman–Crippen MR) is 39.3 cm³/mol. The van der Waals surface area contributed by atoms with Gasteiger partial charge in [-0.3, -0.25) is 0 Å². The molecular formula is C6H11N3O2. The zero-order chi connectivity index (χ0) is 8.10. The molecule has 0 fully saturated rings. The summed E-state index contributed by atoms with van der Waals surface area (Å²) >= 11 is 0. The van der Waals surface area contributed by atoms with E-state index in [0.717, 1.165) is 0 Å². The molecule has 0 aliphatic rings. The third kappa shape index (κ3) is 2.19. The van der Waals surface area contributed by atoms with Crippen molar-refractivity contribution in [1.29, 1.82) is 0 Å². The summed E-state index contributed by atoms with van der Waals surface area (Å²) in [5, 5.41) is 18.6. The summed E-state index contributed by atoms with van der Waals surface area (Å²) in [5.41, 5.74) is 0. The first-order valence-corrected chi connectivity index (χ1v) is 3.48. The largest absolute Gasteiger partial charge is 0.408 e. The van der Waals surface area contributed by atoms with Gasteiger partial charge in [-0.1, -0.05) is 5.10 Å². The van der Waals surface area contributed by atoms with Crippen molar-refractivity contribution in [3.8, 4) is 0 Å². The van der Waals surface area contributed by atoms with E-state index in [0.29, 0.717) is 24.7 Å². The van der Waals surface area contributed by atoms with Gasteiger partial charge in [-0.15, -0.1) is 5.10 Å². The highest BCUT2D eigenvalue weighted by atomic mass is 16.4. The Morgan fingerprint density at radius 3 is 2.91 bits per heavy atom. The van der Waals surface area contributed by atoms with Crippen molar-refractivity contribution >= 4 is 6.01 Å². The number of anilines is 1. The van der Waals surface area contributed by atoms with Crippen LogP contribution < -0.4 is 5.32 Å². The van der Waals surface area contributed by atoms with Crippen LogP contribution in [0, 0.1) is 0 Å². The Morgan fingerprint density at radius 1 is 1.55 bits per heavy atom. The van der Waals surface area contributed by atoms with Crippen LogP contribution in [0.4, 0.5) is 6.01 Å². The lowest BCUT2D eigenvalue weighted by atomic mass is 10.3. The molecule has 1 aromatic heterocycles. The lowest BCUT2D eigenvalue weighted by Crippen LogP contribution is -1.88. The molecule has 0 aliphatic carbocycles. The lowest BCUT2D eigenvalue weighted by Gasteiger charge is -1.89. The van der Waals surface area contributed by atoms with Gasteiger partial charge in [0.15, 0.2) is 0 Å². The zero-order valence-corrected chi connectivity index (χ0v) is 6.37. The van der Waals surface area contributed by atoms with Crippen LogP contribution in [0.1, 0.15) is 12.3 Å². The molecule has 0 aromatic carbocycles. The maximum atomic E-state index is 8.49. The number of hydrogen-bond acceptors (Lipinski definition) is 5. The molecule has 1 heterocycles. The molecule has 0 spiro atoms. The van der Waals surface area contributed by atoms with E-state index in [4.69, 9.17) is 9.52 Å². The van der Waals surface area contributed by atoms with Crippen LogP contribution in [0.2, 0.25) is 0 Å². The molecule has 0 saturated carbocycles. The first kappa shape index (κ1) is 8.00. The fraction of sp³-hybridized carbons (Fsp3) is 0.667. The second-order valence-corrected chi connectivity index (χ2v) is 2.08. The quantitative estimate of drug-likeness (QED) is 0.645. The first-order chi connectivity index (χ1) is 5.36. The molecule has 11 heavy (non-hydrogen) atoms. The Morgan fingerprint density at radius 2 is 2.36 bits per heavy atom.